The summed E-state index contributed by atoms with van der Waals surface area (Å²) >= 11 is 0. The fourth-order valence-electron chi connectivity index (χ4n) is 2.11. The van der Waals surface area contributed by atoms with Crippen molar-refractivity contribution >= 4 is 11.9 Å². The number of carboxylic acid groups (broad SMARTS) is 1. The third-order valence-electron chi connectivity index (χ3n) is 2.70. The smallest absolute Gasteiger partial charge is 0.352 e. The number of rotatable bonds is 3. The number of carbonyl (C=O) groups is 2. The lowest BCUT2D eigenvalue weighted by Crippen LogP contribution is -2.49. The van der Waals surface area contributed by atoms with Crippen molar-refractivity contribution in [3.05, 3.63) is 23.9 Å². The summed E-state index contributed by atoms with van der Waals surface area (Å²) in [4.78, 5) is 23.5. The zero-order valence-corrected chi connectivity index (χ0v) is 7.69. The fraction of sp³-hybridized carbons (Fsp3) is 0.400. The molecule has 2 rings (SSSR count). The predicted molar refractivity (Wildman–Crippen MR) is 49.3 cm³/mol. The summed E-state index contributed by atoms with van der Waals surface area (Å²) in [7, 11) is 0. The van der Waals surface area contributed by atoms with E-state index in [-0.39, 0.29) is 17.6 Å². The van der Waals surface area contributed by atoms with Crippen molar-refractivity contribution in [3.63, 3.8) is 0 Å². The SMILES string of the molecule is C=CCC1=C(C(=O)O)N2C(=O)CC2C1. The van der Waals surface area contributed by atoms with E-state index in [0.29, 0.717) is 19.3 Å². The van der Waals surface area contributed by atoms with Crippen molar-refractivity contribution in [1.29, 1.82) is 0 Å². The van der Waals surface area contributed by atoms with Gasteiger partial charge in [0.2, 0.25) is 5.91 Å². The van der Waals surface area contributed by atoms with Crippen LogP contribution >= 0.6 is 0 Å². The molecule has 4 heteroatoms. The van der Waals surface area contributed by atoms with Crippen LogP contribution in [0.15, 0.2) is 23.9 Å². The van der Waals surface area contributed by atoms with E-state index in [1.165, 1.54) is 4.90 Å². The number of carboxylic acids is 1. The zero-order valence-electron chi connectivity index (χ0n) is 7.69. The minimum Gasteiger partial charge on any atom is -0.477 e. The van der Waals surface area contributed by atoms with E-state index in [1.54, 1.807) is 6.08 Å². The van der Waals surface area contributed by atoms with Crippen molar-refractivity contribution in [3.8, 4) is 0 Å². The highest BCUT2D eigenvalue weighted by Crippen LogP contribution is 2.39. The third kappa shape index (κ3) is 1.07. The van der Waals surface area contributed by atoms with Crippen LogP contribution in [-0.2, 0) is 9.59 Å². The summed E-state index contributed by atoms with van der Waals surface area (Å²) in [5.41, 5.74) is 1.01. The van der Waals surface area contributed by atoms with Gasteiger partial charge in [0.15, 0.2) is 0 Å². The van der Waals surface area contributed by atoms with Gasteiger partial charge in [-0.05, 0) is 18.4 Å². The van der Waals surface area contributed by atoms with Crippen LogP contribution in [0.5, 0.6) is 0 Å². The molecule has 0 bridgehead atoms. The van der Waals surface area contributed by atoms with Crippen LogP contribution in [0.1, 0.15) is 19.3 Å². The highest BCUT2D eigenvalue weighted by atomic mass is 16.4. The number of nitrogens with zero attached hydrogens (tertiary/aromatic N) is 1. The number of β-lactam (4-membered cyclic amide) rings is 1. The van der Waals surface area contributed by atoms with Crippen LogP contribution in [0.2, 0.25) is 0 Å². The van der Waals surface area contributed by atoms with E-state index in [2.05, 4.69) is 6.58 Å². The zero-order chi connectivity index (χ0) is 10.3. The van der Waals surface area contributed by atoms with E-state index in [4.69, 9.17) is 5.11 Å². The quantitative estimate of drug-likeness (QED) is 0.535. The molecule has 1 fully saturated rings. The van der Waals surface area contributed by atoms with E-state index in [0.717, 1.165) is 5.57 Å². The minimum atomic E-state index is -1.00. The Morgan fingerprint density at radius 1 is 1.64 bits per heavy atom. The number of aliphatic carboxylic acids is 1. The van der Waals surface area contributed by atoms with Gasteiger partial charge in [-0.3, -0.25) is 4.79 Å². The number of amides is 1. The highest BCUT2D eigenvalue weighted by Gasteiger charge is 2.46. The Hall–Kier alpha value is -1.58. The van der Waals surface area contributed by atoms with Gasteiger partial charge in [0.1, 0.15) is 5.70 Å². The first kappa shape index (κ1) is 8.99. The van der Waals surface area contributed by atoms with Crippen LogP contribution in [-0.4, -0.2) is 27.9 Å². The molecule has 0 aromatic carbocycles. The molecular weight excluding hydrogens is 182 g/mol. The van der Waals surface area contributed by atoms with Crippen LogP contribution < -0.4 is 0 Å². The molecule has 74 valence electrons. The van der Waals surface area contributed by atoms with Gasteiger partial charge in [0.25, 0.3) is 0 Å². The summed E-state index contributed by atoms with van der Waals surface area (Å²) in [5, 5.41) is 8.96. The molecule has 1 saturated heterocycles. The Kier molecular flexibility index (Phi) is 1.91. The van der Waals surface area contributed by atoms with Crippen molar-refractivity contribution in [2.45, 2.75) is 25.3 Å². The van der Waals surface area contributed by atoms with E-state index < -0.39 is 5.97 Å². The van der Waals surface area contributed by atoms with Gasteiger partial charge >= 0.3 is 5.97 Å². The molecule has 4 nitrogen and oxygen atoms in total. The average Bonchev–Trinajstić information content (AvgIpc) is 2.39. The Bertz CT molecular complexity index is 356. The molecule has 0 spiro atoms. The second-order valence-corrected chi connectivity index (χ2v) is 3.58. The second-order valence-electron chi connectivity index (χ2n) is 3.58. The van der Waals surface area contributed by atoms with Crippen LogP contribution in [0.4, 0.5) is 0 Å². The van der Waals surface area contributed by atoms with Crippen LogP contribution in [0, 0.1) is 0 Å². The van der Waals surface area contributed by atoms with Crippen molar-refractivity contribution in [2.75, 3.05) is 0 Å². The molecule has 0 saturated carbocycles. The van der Waals surface area contributed by atoms with Gasteiger partial charge in [0, 0.05) is 12.5 Å². The van der Waals surface area contributed by atoms with E-state index in [1.807, 2.05) is 0 Å². The van der Waals surface area contributed by atoms with Gasteiger partial charge in [-0.2, -0.15) is 0 Å². The predicted octanol–water partition coefficient (Wildman–Crippen LogP) is 0.906. The largest absolute Gasteiger partial charge is 0.477 e. The second kappa shape index (κ2) is 2.97. The standard InChI is InChI=1S/C10H11NO3/c1-2-3-6-4-7-5-8(12)11(7)9(6)10(13)14/h2,7H,1,3-5H2,(H,13,14). The number of hydrogen-bond acceptors (Lipinski definition) is 2. The van der Waals surface area contributed by atoms with Gasteiger partial charge < -0.3 is 10.0 Å². The van der Waals surface area contributed by atoms with Crippen molar-refractivity contribution in [1.82, 2.24) is 4.90 Å². The van der Waals surface area contributed by atoms with Gasteiger partial charge in [-0.1, -0.05) is 6.08 Å². The molecule has 2 aliphatic heterocycles. The molecule has 1 N–H and O–H groups in total. The number of carbonyl (C=O) groups excluding carboxylic acids is 1. The van der Waals surface area contributed by atoms with Crippen LogP contribution in [0.25, 0.3) is 0 Å². The topological polar surface area (TPSA) is 57.6 Å². The molecule has 0 radical (unpaired) electrons. The first-order chi connectivity index (χ1) is 6.65. The third-order valence-corrected chi connectivity index (χ3v) is 2.70. The molecule has 1 unspecified atom stereocenters. The molecule has 0 aliphatic carbocycles. The Morgan fingerprint density at radius 3 is 2.86 bits per heavy atom. The summed E-state index contributed by atoms with van der Waals surface area (Å²) in [6.07, 6.45) is 3.41. The normalized spacial score (nSPS) is 24.7. The average molecular weight is 193 g/mol. The van der Waals surface area contributed by atoms with E-state index >= 15 is 0 Å². The van der Waals surface area contributed by atoms with Crippen molar-refractivity contribution in [2.24, 2.45) is 0 Å². The van der Waals surface area contributed by atoms with Crippen LogP contribution in [0.3, 0.4) is 0 Å². The highest BCUT2D eigenvalue weighted by molar-refractivity contribution is 5.98. The number of allylic oxidation sites excluding steroid dienone is 1. The van der Waals surface area contributed by atoms with Crippen molar-refractivity contribution < 1.29 is 14.7 Å². The molecule has 0 aromatic heterocycles. The number of hydrogen-bond donors (Lipinski definition) is 1. The summed E-state index contributed by atoms with van der Waals surface area (Å²) < 4.78 is 0. The summed E-state index contributed by atoms with van der Waals surface area (Å²) in [5.74, 6) is -1.08. The Labute approximate surface area is 81.5 Å². The number of fused-ring (bicyclic) bond motifs is 1. The molecule has 0 aromatic rings. The Morgan fingerprint density at radius 2 is 2.36 bits per heavy atom. The molecule has 2 aliphatic rings. The lowest BCUT2D eigenvalue weighted by atomic mass is 10.00. The maximum absolute atomic E-state index is 11.2. The molecule has 2 heterocycles. The minimum absolute atomic E-state index is 0.0773. The summed E-state index contributed by atoms with van der Waals surface area (Å²) in [6, 6.07) is 0.101. The maximum Gasteiger partial charge on any atom is 0.352 e. The molecule has 14 heavy (non-hydrogen) atoms. The monoisotopic (exact) mass is 193 g/mol. The maximum atomic E-state index is 11.2. The lowest BCUT2D eigenvalue weighted by Gasteiger charge is -2.35. The first-order valence-corrected chi connectivity index (χ1v) is 4.53. The Balaban J connectivity index is 2.32. The fourth-order valence-corrected chi connectivity index (χ4v) is 2.11. The lowest BCUT2D eigenvalue weighted by molar-refractivity contribution is -0.147. The van der Waals surface area contributed by atoms with Gasteiger partial charge in [-0.25, -0.2) is 4.79 Å². The molecule has 1 amide bonds. The molecular formula is C10H11NO3. The van der Waals surface area contributed by atoms with E-state index in [9.17, 15) is 9.59 Å². The molecule has 1 atom stereocenters. The van der Waals surface area contributed by atoms with Gasteiger partial charge in [0.05, 0.1) is 0 Å². The first-order valence-electron chi connectivity index (χ1n) is 4.53. The summed E-state index contributed by atoms with van der Waals surface area (Å²) in [6.45, 7) is 3.58. The van der Waals surface area contributed by atoms with Gasteiger partial charge in [-0.15, -0.1) is 6.58 Å².